The van der Waals surface area contributed by atoms with Gasteiger partial charge in [0.25, 0.3) is 0 Å². The van der Waals surface area contributed by atoms with Gasteiger partial charge in [0.15, 0.2) is 0 Å². The topological polar surface area (TPSA) is 57.4 Å². The predicted octanol–water partition coefficient (Wildman–Crippen LogP) is 2.76. The van der Waals surface area contributed by atoms with Gasteiger partial charge in [-0.2, -0.15) is 0 Å². The summed E-state index contributed by atoms with van der Waals surface area (Å²) in [5.74, 6) is 0.513. The van der Waals surface area contributed by atoms with Crippen LogP contribution in [0.2, 0.25) is 0 Å². The number of aromatic nitrogens is 1. The first kappa shape index (κ1) is 12.6. The first-order chi connectivity index (χ1) is 8.04. The molecule has 0 bridgehead atoms. The largest absolute Gasteiger partial charge is 0.473 e. The van der Waals surface area contributed by atoms with Gasteiger partial charge in [0, 0.05) is 23.5 Å². The first-order valence-corrected chi connectivity index (χ1v) is 6.57. The Balaban J connectivity index is 2.04. The Hall–Kier alpha value is -0.810. The molecule has 0 aromatic carbocycles. The summed E-state index contributed by atoms with van der Waals surface area (Å²) in [7, 11) is 0. The third kappa shape index (κ3) is 3.33. The van der Waals surface area contributed by atoms with E-state index in [9.17, 15) is 0 Å². The molecule has 2 N–H and O–H groups in total. The molecule has 2 unspecified atom stereocenters. The zero-order valence-corrected chi connectivity index (χ0v) is 11.6. The van der Waals surface area contributed by atoms with Crippen molar-refractivity contribution in [2.24, 2.45) is 0 Å². The Morgan fingerprint density at radius 3 is 2.65 bits per heavy atom. The molecule has 1 aromatic rings. The lowest BCUT2D eigenvalue weighted by atomic mass is 10.0. The van der Waals surface area contributed by atoms with Crippen LogP contribution in [0, 0.1) is 0 Å². The van der Waals surface area contributed by atoms with Crippen LogP contribution < -0.4 is 10.5 Å². The molecule has 1 aromatic heterocycles. The molecule has 17 heavy (non-hydrogen) atoms. The van der Waals surface area contributed by atoms with Gasteiger partial charge in [-0.25, -0.2) is 4.98 Å². The second kappa shape index (κ2) is 5.23. The van der Waals surface area contributed by atoms with E-state index in [0.29, 0.717) is 11.6 Å². The van der Waals surface area contributed by atoms with E-state index < -0.39 is 0 Å². The highest BCUT2D eigenvalue weighted by atomic mass is 79.9. The maximum atomic E-state index is 5.86. The summed E-state index contributed by atoms with van der Waals surface area (Å²) in [4.78, 5) is 4.19. The van der Waals surface area contributed by atoms with Gasteiger partial charge in [0.2, 0.25) is 5.88 Å². The highest BCUT2D eigenvalue weighted by molar-refractivity contribution is 9.10. The molecule has 4 nitrogen and oxygen atoms in total. The number of pyridine rings is 1. The van der Waals surface area contributed by atoms with Gasteiger partial charge in [-0.3, -0.25) is 0 Å². The lowest BCUT2D eigenvalue weighted by Crippen LogP contribution is -2.36. The van der Waals surface area contributed by atoms with Crippen molar-refractivity contribution in [1.29, 1.82) is 0 Å². The van der Waals surface area contributed by atoms with E-state index in [2.05, 4.69) is 34.8 Å². The number of hydrogen-bond acceptors (Lipinski definition) is 4. The van der Waals surface area contributed by atoms with E-state index in [-0.39, 0.29) is 18.3 Å². The molecule has 0 aliphatic carbocycles. The van der Waals surface area contributed by atoms with Crippen molar-refractivity contribution in [3.63, 3.8) is 0 Å². The number of nitrogen functional groups attached to an aromatic ring is 1. The molecular weight excluding hydrogens is 284 g/mol. The molecule has 1 saturated heterocycles. The summed E-state index contributed by atoms with van der Waals surface area (Å²) in [6.45, 7) is 4.12. The summed E-state index contributed by atoms with van der Waals surface area (Å²) < 4.78 is 12.4. The maximum absolute atomic E-state index is 5.86. The van der Waals surface area contributed by atoms with Crippen LogP contribution in [0.4, 0.5) is 5.69 Å². The number of nitrogens with zero attached hydrogens (tertiary/aromatic N) is 1. The average Bonchev–Trinajstić information content (AvgIpc) is 2.21. The summed E-state index contributed by atoms with van der Waals surface area (Å²) in [5, 5.41) is 0. The summed E-state index contributed by atoms with van der Waals surface area (Å²) in [6, 6.07) is 1.80. The van der Waals surface area contributed by atoms with Crippen molar-refractivity contribution in [1.82, 2.24) is 4.98 Å². The highest BCUT2D eigenvalue weighted by Crippen LogP contribution is 2.27. The molecule has 0 radical (unpaired) electrons. The van der Waals surface area contributed by atoms with Crippen LogP contribution in [0.3, 0.4) is 0 Å². The molecular formula is C12H17BrN2O2. The second-order valence-corrected chi connectivity index (χ2v) is 5.43. The molecule has 94 valence electrons. The monoisotopic (exact) mass is 300 g/mol. The van der Waals surface area contributed by atoms with Crippen molar-refractivity contribution in [2.75, 3.05) is 5.73 Å². The Bertz CT molecular complexity index is 390. The smallest absolute Gasteiger partial charge is 0.237 e. The van der Waals surface area contributed by atoms with Crippen molar-refractivity contribution in [2.45, 2.75) is 45.0 Å². The molecule has 2 heterocycles. The zero-order chi connectivity index (χ0) is 12.4. The molecule has 1 aliphatic rings. The standard InChI is InChI=1S/C12H17BrN2O2/c1-7-3-10(4-8(2)16-7)17-12-11(14)5-9(13)6-15-12/h5-8,10H,3-4,14H2,1-2H3. The number of rotatable bonds is 2. The molecule has 2 atom stereocenters. The van der Waals surface area contributed by atoms with Gasteiger partial charge >= 0.3 is 0 Å². The molecule has 0 spiro atoms. The summed E-state index contributed by atoms with van der Waals surface area (Å²) in [6.07, 6.45) is 4.02. The number of nitrogens with two attached hydrogens (primary N) is 1. The van der Waals surface area contributed by atoms with Crippen LogP contribution in [0.15, 0.2) is 16.7 Å². The lowest BCUT2D eigenvalue weighted by Gasteiger charge is -2.32. The fraction of sp³-hybridized carbons (Fsp3) is 0.583. The number of halogens is 1. The van der Waals surface area contributed by atoms with E-state index in [4.69, 9.17) is 15.2 Å². The van der Waals surface area contributed by atoms with Crippen molar-refractivity contribution < 1.29 is 9.47 Å². The molecule has 5 heteroatoms. The zero-order valence-electron chi connectivity index (χ0n) is 10.0. The molecule has 0 saturated carbocycles. The predicted molar refractivity (Wildman–Crippen MR) is 70.0 cm³/mol. The van der Waals surface area contributed by atoms with E-state index in [0.717, 1.165) is 17.3 Å². The lowest BCUT2D eigenvalue weighted by molar-refractivity contribution is -0.0728. The van der Waals surface area contributed by atoms with E-state index in [1.165, 1.54) is 0 Å². The van der Waals surface area contributed by atoms with Crippen molar-refractivity contribution in [3.8, 4) is 5.88 Å². The van der Waals surface area contributed by atoms with Crippen molar-refractivity contribution >= 4 is 21.6 Å². The molecule has 0 amide bonds. The van der Waals surface area contributed by atoms with E-state index in [1.807, 2.05) is 0 Å². The van der Waals surface area contributed by atoms with Gasteiger partial charge in [-0.15, -0.1) is 0 Å². The SMILES string of the molecule is CC1CC(Oc2ncc(Br)cc2N)CC(C)O1. The Kier molecular flexibility index (Phi) is 3.89. The van der Waals surface area contributed by atoms with E-state index in [1.54, 1.807) is 12.3 Å². The Morgan fingerprint density at radius 2 is 2.06 bits per heavy atom. The first-order valence-electron chi connectivity index (χ1n) is 5.77. The minimum atomic E-state index is 0.129. The van der Waals surface area contributed by atoms with Crippen LogP contribution in [0.25, 0.3) is 0 Å². The van der Waals surface area contributed by atoms with E-state index >= 15 is 0 Å². The normalized spacial score (nSPS) is 29.0. The Morgan fingerprint density at radius 1 is 1.41 bits per heavy atom. The molecule has 1 aliphatic heterocycles. The Labute approximate surface area is 110 Å². The summed E-state index contributed by atoms with van der Waals surface area (Å²) in [5.41, 5.74) is 6.42. The number of ether oxygens (including phenoxy) is 2. The quantitative estimate of drug-likeness (QED) is 0.912. The van der Waals surface area contributed by atoms with Crippen LogP contribution in [0.1, 0.15) is 26.7 Å². The maximum Gasteiger partial charge on any atom is 0.237 e. The van der Waals surface area contributed by atoms with Gasteiger partial charge < -0.3 is 15.2 Å². The minimum Gasteiger partial charge on any atom is -0.473 e. The fourth-order valence-corrected chi connectivity index (χ4v) is 2.49. The molecule has 1 fully saturated rings. The van der Waals surface area contributed by atoms with Crippen LogP contribution in [-0.2, 0) is 4.74 Å². The fourth-order valence-electron chi connectivity index (χ4n) is 2.14. The van der Waals surface area contributed by atoms with Gasteiger partial charge in [-0.05, 0) is 35.8 Å². The molecule has 2 rings (SSSR count). The summed E-state index contributed by atoms with van der Waals surface area (Å²) >= 11 is 3.32. The minimum absolute atomic E-state index is 0.129. The number of hydrogen-bond donors (Lipinski definition) is 1. The third-order valence-electron chi connectivity index (χ3n) is 2.78. The highest BCUT2D eigenvalue weighted by Gasteiger charge is 2.26. The van der Waals surface area contributed by atoms with Crippen LogP contribution >= 0.6 is 15.9 Å². The van der Waals surface area contributed by atoms with Gasteiger partial charge in [0.1, 0.15) is 6.10 Å². The van der Waals surface area contributed by atoms with Crippen LogP contribution in [0.5, 0.6) is 5.88 Å². The third-order valence-corrected chi connectivity index (χ3v) is 3.21. The van der Waals surface area contributed by atoms with Crippen molar-refractivity contribution in [3.05, 3.63) is 16.7 Å². The van der Waals surface area contributed by atoms with Gasteiger partial charge in [-0.1, -0.05) is 0 Å². The van der Waals surface area contributed by atoms with Crippen LogP contribution in [-0.4, -0.2) is 23.3 Å². The average molecular weight is 301 g/mol. The second-order valence-electron chi connectivity index (χ2n) is 4.52. The number of anilines is 1. The van der Waals surface area contributed by atoms with Gasteiger partial charge in [0.05, 0.1) is 17.9 Å².